The number of halogens is 3. The third-order valence-electron chi connectivity index (χ3n) is 2.23. The predicted octanol–water partition coefficient (Wildman–Crippen LogP) is 5.33. The van der Waals surface area contributed by atoms with Crippen molar-refractivity contribution in [3.8, 4) is 5.75 Å². The number of hydrogen-bond donors (Lipinski definition) is 0. The third-order valence-corrected chi connectivity index (χ3v) is 3.49. The van der Waals surface area contributed by atoms with E-state index in [0.717, 1.165) is 15.8 Å². The fourth-order valence-corrected chi connectivity index (χ4v) is 2.14. The van der Waals surface area contributed by atoms with Crippen LogP contribution in [-0.2, 0) is 6.61 Å². The summed E-state index contributed by atoms with van der Waals surface area (Å²) >= 11 is 15.4. The van der Waals surface area contributed by atoms with Gasteiger partial charge in [0.25, 0.3) is 0 Å². The van der Waals surface area contributed by atoms with E-state index >= 15 is 0 Å². The highest BCUT2D eigenvalue weighted by Gasteiger charge is 2.04. The Hall–Kier alpha value is -0.700. The Morgan fingerprint density at radius 1 is 1.06 bits per heavy atom. The monoisotopic (exact) mass is 330 g/mol. The van der Waals surface area contributed by atoms with E-state index in [0.29, 0.717) is 16.7 Å². The van der Waals surface area contributed by atoms with Gasteiger partial charge < -0.3 is 4.74 Å². The van der Waals surface area contributed by atoms with Gasteiger partial charge in [0.1, 0.15) is 12.4 Å². The van der Waals surface area contributed by atoms with Crippen molar-refractivity contribution < 1.29 is 4.74 Å². The standard InChI is InChI=1S/C13H9BrCl2O/c14-11-3-1-2-4-13(11)17-8-9-7-10(15)5-6-12(9)16/h1-7H,8H2. The summed E-state index contributed by atoms with van der Waals surface area (Å²) in [5, 5.41) is 1.31. The van der Waals surface area contributed by atoms with Gasteiger partial charge in [0.05, 0.1) is 4.47 Å². The zero-order valence-electron chi connectivity index (χ0n) is 8.79. The van der Waals surface area contributed by atoms with Gasteiger partial charge in [-0.25, -0.2) is 0 Å². The van der Waals surface area contributed by atoms with E-state index in [1.54, 1.807) is 18.2 Å². The summed E-state index contributed by atoms with van der Waals surface area (Å²) in [7, 11) is 0. The first-order valence-corrected chi connectivity index (χ1v) is 6.53. The Balaban J connectivity index is 2.12. The van der Waals surface area contributed by atoms with Crippen LogP contribution in [0.4, 0.5) is 0 Å². The van der Waals surface area contributed by atoms with Crippen LogP contribution in [0.3, 0.4) is 0 Å². The van der Waals surface area contributed by atoms with Crippen molar-refractivity contribution in [3.05, 3.63) is 62.5 Å². The topological polar surface area (TPSA) is 9.23 Å². The molecular weight excluding hydrogens is 323 g/mol. The average Bonchev–Trinajstić information content (AvgIpc) is 2.32. The summed E-state index contributed by atoms with van der Waals surface area (Å²) < 4.78 is 6.58. The Morgan fingerprint density at radius 2 is 1.82 bits per heavy atom. The van der Waals surface area contributed by atoms with Gasteiger partial charge in [-0.2, -0.15) is 0 Å². The molecule has 0 fully saturated rings. The molecule has 0 saturated heterocycles. The maximum atomic E-state index is 6.05. The molecule has 0 heterocycles. The van der Waals surface area contributed by atoms with Gasteiger partial charge >= 0.3 is 0 Å². The zero-order valence-corrected chi connectivity index (χ0v) is 11.9. The van der Waals surface area contributed by atoms with Crippen molar-refractivity contribution >= 4 is 39.1 Å². The maximum absolute atomic E-state index is 6.05. The van der Waals surface area contributed by atoms with Gasteiger partial charge in [-0.05, 0) is 46.3 Å². The molecule has 0 N–H and O–H groups in total. The number of hydrogen-bond acceptors (Lipinski definition) is 1. The lowest BCUT2D eigenvalue weighted by Gasteiger charge is -2.09. The molecule has 88 valence electrons. The van der Waals surface area contributed by atoms with Crippen LogP contribution in [0.5, 0.6) is 5.75 Å². The first kappa shape index (κ1) is 12.7. The van der Waals surface area contributed by atoms with Crippen molar-refractivity contribution in [1.82, 2.24) is 0 Å². The molecule has 4 heteroatoms. The molecule has 1 nitrogen and oxygen atoms in total. The molecule has 0 aliphatic rings. The molecule has 0 bridgehead atoms. The van der Waals surface area contributed by atoms with Crippen LogP contribution in [0.25, 0.3) is 0 Å². The quantitative estimate of drug-likeness (QED) is 0.738. The smallest absolute Gasteiger partial charge is 0.133 e. The molecule has 2 rings (SSSR count). The molecule has 0 atom stereocenters. The van der Waals surface area contributed by atoms with Crippen molar-refractivity contribution in [2.75, 3.05) is 0 Å². The molecule has 0 radical (unpaired) electrons. The van der Waals surface area contributed by atoms with Gasteiger partial charge in [0, 0.05) is 15.6 Å². The number of para-hydroxylation sites is 1. The summed E-state index contributed by atoms with van der Waals surface area (Å²) in [6, 6.07) is 13.0. The minimum Gasteiger partial charge on any atom is -0.488 e. The second-order valence-electron chi connectivity index (χ2n) is 3.45. The van der Waals surface area contributed by atoms with Gasteiger partial charge in [0.15, 0.2) is 0 Å². The number of rotatable bonds is 3. The van der Waals surface area contributed by atoms with Crippen LogP contribution < -0.4 is 4.74 Å². The van der Waals surface area contributed by atoms with E-state index in [1.165, 1.54) is 0 Å². The summed E-state index contributed by atoms with van der Waals surface area (Å²) in [5.74, 6) is 0.781. The first-order chi connectivity index (χ1) is 8.16. The molecule has 0 aromatic heterocycles. The highest BCUT2D eigenvalue weighted by Crippen LogP contribution is 2.27. The van der Waals surface area contributed by atoms with Crippen molar-refractivity contribution in [2.24, 2.45) is 0 Å². The van der Waals surface area contributed by atoms with E-state index in [9.17, 15) is 0 Å². The van der Waals surface area contributed by atoms with E-state index in [1.807, 2.05) is 24.3 Å². The Morgan fingerprint density at radius 3 is 2.59 bits per heavy atom. The Kier molecular flexibility index (Phi) is 4.32. The first-order valence-electron chi connectivity index (χ1n) is 4.98. The third kappa shape index (κ3) is 3.38. The number of ether oxygens (including phenoxy) is 1. The van der Waals surface area contributed by atoms with E-state index in [2.05, 4.69) is 15.9 Å². The largest absolute Gasteiger partial charge is 0.488 e. The fraction of sp³-hybridized carbons (Fsp3) is 0.0769. The van der Waals surface area contributed by atoms with Gasteiger partial charge in [-0.1, -0.05) is 35.3 Å². The van der Waals surface area contributed by atoms with Crippen molar-refractivity contribution in [1.29, 1.82) is 0 Å². The molecule has 0 aliphatic carbocycles. The summed E-state index contributed by atoms with van der Waals surface area (Å²) in [5.41, 5.74) is 0.870. The molecule has 2 aromatic carbocycles. The Bertz CT molecular complexity index is 529. The summed E-state index contributed by atoms with van der Waals surface area (Å²) in [4.78, 5) is 0. The lowest BCUT2D eigenvalue weighted by Crippen LogP contribution is -1.96. The number of benzene rings is 2. The van der Waals surface area contributed by atoms with Crippen LogP contribution in [-0.4, -0.2) is 0 Å². The maximum Gasteiger partial charge on any atom is 0.133 e. The average molecular weight is 332 g/mol. The van der Waals surface area contributed by atoms with E-state index < -0.39 is 0 Å². The molecule has 17 heavy (non-hydrogen) atoms. The lowest BCUT2D eigenvalue weighted by atomic mass is 10.2. The highest BCUT2D eigenvalue weighted by molar-refractivity contribution is 9.10. The van der Waals surface area contributed by atoms with Crippen LogP contribution >= 0.6 is 39.1 Å². The van der Waals surface area contributed by atoms with Gasteiger partial charge in [0.2, 0.25) is 0 Å². The van der Waals surface area contributed by atoms with Crippen LogP contribution in [0.2, 0.25) is 10.0 Å². The van der Waals surface area contributed by atoms with Crippen molar-refractivity contribution in [3.63, 3.8) is 0 Å². The second kappa shape index (κ2) is 5.76. The zero-order chi connectivity index (χ0) is 12.3. The lowest BCUT2D eigenvalue weighted by molar-refractivity contribution is 0.304. The highest BCUT2D eigenvalue weighted by atomic mass is 79.9. The minimum absolute atomic E-state index is 0.391. The second-order valence-corrected chi connectivity index (χ2v) is 5.15. The van der Waals surface area contributed by atoms with E-state index in [-0.39, 0.29) is 0 Å². The molecule has 0 amide bonds. The Labute approximate surface area is 118 Å². The summed E-state index contributed by atoms with van der Waals surface area (Å²) in [6.07, 6.45) is 0. The molecular formula is C13H9BrCl2O. The van der Waals surface area contributed by atoms with Crippen LogP contribution in [0.1, 0.15) is 5.56 Å². The van der Waals surface area contributed by atoms with Crippen molar-refractivity contribution in [2.45, 2.75) is 6.61 Å². The molecule has 0 unspecified atom stereocenters. The van der Waals surface area contributed by atoms with E-state index in [4.69, 9.17) is 27.9 Å². The molecule has 2 aromatic rings. The minimum atomic E-state index is 0.391. The molecule has 0 spiro atoms. The van der Waals surface area contributed by atoms with Crippen LogP contribution in [0.15, 0.2) is 46.9 Å². The van der Waals surface area contributed by atoms with Gasteiger partial charge in [-0.15, -0.1) is 0 Å². The SMILES string of the molecule is Clc1ccc(Cl)c(COc2ccccc2Br)c1. The van der Waals surface area contributed by atoms with Crippen LogP contribution in [0, 0.1) is 0 Å². The normalized spacial score (nSPS) is 10.3. The van der Waals surface area contributed by atoms with Gasteiger partial charge in [-0.3, -0.25) is 0 Å². The molecule has 0 aliphatic heterocycles. The predicted molar refractivity (Wildman–Crippen MR) is 74.9 cm³/mol. The molecule has 0 saturated carbocycles. The summed E-state index contributed by atoms with van der Waals surface area (Å²) in [6.45, 7) is 0.391. The fourth-order valence-electron chi connectivity index (χ4n) is 1.37.